The van der Waals surface area contributed by atoms with E-state index < -0.39 is 0 Å². The monoisotopic (exact) mass is 468 g/mol. The predicted molar refractivity (Wildman–Crippen MR) is 128 cm³/mol. The van der Waals surface area contributed by atoms with E-state index in [1.54, 1.807) is 32.4 Å². The molecule has 4 aromatic rings. The summed E-state index contributed by atoms with van der Waals surface area (Å²) in [7, 11) is 3.21. The summed E-state index contributed by atoms with van der Waals surface area (Å²) in [6, 6.07) is 18.6. The number of rotatable bonds is 7. The van der Waals surface area contributed by atoms with Gasteiger partial charge in [-0.15, -0.1) is 0 Å². The first-order valence-corrected chi connectivity index (χ1v) is 10.8. The summed E-state index contributed by atoms with van der Waals surface area (Å²) in [4.78, 5) is 16.2. The van der Waals surface area contributed by atoms with Gasteiger partial charge in [0.2, 0.25) is 0 Å². The van der Waals surface area contributed by atoms with Crippen LogP contribution in [0.3, 0.4) is 0 Å². The molecule has 0 fully saturated rings. The number of fused-ring (bicyclic) bond motifs is 1. The maximum atomic E-state index is 12.9. The molecular formula is C25H22Cl2N2O3. The van der Waals surface area contributed by atoms with Crippen molar-refractivity contribution in [2.75, 3.05) is 20.8 Å². The largest absolute Gasteiger partial charge is 0.493 e. The van der Waals surface area contributed by atoms with Crippen molar-refractivity contribution >= 4 is 40.0 Å². The van der Waals surface area contributed by atoms with Crippen molar-refractivity contribution < 1.29 is 14.3 Å². The second kappa shape index (κ2) is 9.55. The molecule has 0 saturated heterocycles. The minimum absolute atomic E-state index is 0.203. The van der Waals surface area contributed by atoms with Crippen LogP contribution in [0.2, 0.25) is 10.0 Å². The van der Waals surface area contributed by atoms with Crippen LogP contribution in [0, 0.1) is 0 Å². The molecular weight excluding hydrogens is 447 g/mol. The summed E-state index contributed by atoms with van der Waals surface area (Å²) >= 11 is 12.2. The molecule has 1 unspecified atom stereocenters. The maximum Gasteiger partial charge on any atom is 0.252 e. The number of H-pyrrole nitrogens is 1. The first-order chi connectivity index (χ1) is 15.5. The van der Waals surface area contributed by atoms with Crippen LogP contribution in [-0.4, -0.2) is 31.7 Å². The fraction of sp³-hybridized carbons (Fsp3) is 0.160. The maximum absolute atomic E-state index is 12.9. The number of nitrogens with one attached hydrogen (secondary N) is 2. The molecule has 1 aromatic heterocycles. The number of methoxy groups -OCH3 is 2. The van der Waals surface area contributed by atoms with E-state index in [4.69, 9.17) is 32.7 Å². The third-order valence-corrected chi connectivity index (χ3v) is 6.00. The van der Waals surface area contributed by atoms with Gasteiger partial charge in [-0.1, -0.05) is 53.5 Å². The Morgan fingerprint density at radius 1 is 1.00 bits per heavy atom. The Labute approximate surface area is 196 Å². The average molecular weight is 469 g/mol. The van der Waals surface area contributed by atoms with Gasteiger partial charge in [-0.3, -0.25) is 4.79 Å². The lowest BCUT2D eigenvalue weighted by atomic mass is 9.89. The topological polar surface area (TPSA) is 63.3 Å². The highest BCUT2D eigenvalue weighted by molar-refractivity contribution is 6.36. The number of aromatic nitrogens is 1. The molecule has 0 aliphatic rings. The molecule has 5 nitrogen and oxygen atoms in total. The number of ether oxygens (including phenoxy) is 2. The molecule has 0 spiro atoms. The van der Waals surface area contributed by atoms with Crippen molar-refractivity contribution in [1.29, 1.82) is 0 Å². The zero-order valence-corrected chi connectivity index (χ0v) is 19.1. The number of halogens is 2. The van der Waals surface area contributed by atoms with Gasteiger partial charge < -0.3 is 19.8 Å². The van der Waals surface area contributed by atoms with Crippen molar-refractivity contribution in [1.82, 2.24) is 10.3 Å². The molecule has 164 valence electrons. The van der Waals surface area contributed by atoms with Crippen LogP contribution in [0.4, 0.5) is 0 Å². The number of amides is 1. The molecule has 0 aliphatic carbocycles. The number of carbonyl (C=O) groups is 1. The summed E-state index contributed by atoms with van der Waals surface area (Å²) in [5.41, 5.74) is 3.32. The first-order valence-electron chi connectivity index (χ1n) is 10.0. The summed E-state index contributed by atoms with van der Waals surface area (Å²) in [5, 5.41) is 4.87. The zero-order chi connectivity index (χ0) is 22.7. The second-order valence-corrected chi connectivity index (χ2v) is 8.10. The number of para-hydroxylation sites is 2. The fourth-order valence-corrected chi connectivity index (χ4v) is 4.41. The number of benzene rings is 3. The molecule has 2 N–H and O–H groups in total. The molecule has 32 heavy (non-hydrogen) atoms. The van der Waals surface area contributed by atoms with Crippen LogP contribution in [0.25, 0.3) is 10.9 Å². The van der Waals surface area contributed by atoms with Crippen LogP contribution in [-0.2, 0) is 0 Å². The summed E-state index contributed by atoms with van der Waals surface area (Å²) in [5.74, 6) is 0.774. The SMILES string of the molecule is COc1cccc(C(CNC(=O)c2ccc(Cl)cc2Cl)c2c[nH]c3ccccc23)c1OC. The Morgan fingerprint density at radius 2 is 1.81 bits per heavy atom. The lowest BCUT2D eigenvalue weighted by Crippen LogP contribution is -2.29. The minimum atomic E-state index is -0.279. The van der Waals surface area contributed by atoms with Crippen molar-refractivity contribution in [3.05, 3.63) is 93.6 Å². The van der Waals surface area contributed by atoms with Crippen LogP contribution in [0.15, 0.2) is 66.9 Å². The van der Waals surface area contributed by atoms with Crippen molar-refractivity contribution in [3.8, 4) is 11.5 Å². The van der Waals surface area contributed by atoms with E-state index in [0.717, 1.165) is 22.0 Å². The minimum Gasteiger partial charge on any atom is -0.493 e. The van der Waals surface area contributed by atoms with Crippen molar-refractivity contribution in [2.24, 2.45) is 0 Å². The Kier molecular flexibility index (Phi) is 6.58. The van der Waals surface area contributed by atoms with E-state index in [2.05, 4.69) is 16.4 Å². The predicted octanol–water partition coefficient (Wildman–Crippen LogP) is 6.05. The van der Waals surface area contributed by atoms with Gasteiger partial charge in [-0.25, -0.2) is 0 Å². The van der Waals surface area contributed by atoms with E-state index in [9.17, 15) is 4.79 Å². The van der Waals surface area contributed by atoms with Crippen LogP contribution in [0.5, 0.6) is 11.5 Å². The van der Waals surface area contributed by atoms with Gasteiger partial charge in [0.05, 0.1) is 24.8 Å². The van der Waals surface area contributed by atoms with Gasteiger partial charge >= 0.3 is 0 Å². The molecule has 0 radical (unpaired) electrons. The summed E-state index contributed by atoms with van der Waals surface area (Å²) in [6.45, 7) is 0.323. The highest BCUT2D eigenvalue weighted by Gasteiger charge is 2.24. The molecule has 3 aromatic carbocycles. The molecule has 1 amide bonds. The molecule has 0 saturated carbocycles. The van der Waals surface area contributed by atoms with Gasteiger partial charge in [0.1, 0.15) is 0 Å². The molecule has 1 atom stereocenters. The lowest BCUT2D eigenvalue weighted by Gasteiger charge is -2.22. The highest BCUT2D eigenvalue weighted by atomic mass is 35.5. The Morgan fingerprint density at radius 3 is 2.56 bits per heavy atom. The van der Waals surface area contributed by atoms with Crippen molar-refractivity contribution in [2.45, 2.75) is 5.92 Å². The smallest absolute Gasteiger partial charge is 0.252 e. The molecule has 1 heterocycles. The molecule has 7 heteroatoms. The van der Waals surface area contributed by atoms with Gasteiger partial charge in [0, 0.05) is 40.1 Å². The normalized spacial score (nSPS) is 11.9. The zero-order valence-electron chi connectivity index (χ0n) is 17.6. The van der Waals surface area contributed by atoms with E-state index >= 15 is 0 Å². The Balaban J connectivity index is 1.74. The third kappa shape index (κ3) is 4.27. The van der Waals surface area contributed by atoms with Crippen LogP contribution < -0.4 is 14.8 Å². The molecule has 4 rings (SSSR count). The van der Waals surface area contributed by atoms with Crippen LogP contribution in [0.1, 0.15) is 27.4 Å². The van der Waals surface area contributed by atoms with Gasteiger partial charge in [0.15, 0.2) is 11.5 Å². The first kappa shape index (κ1) is 22.1. The molecule has 0 aliphatic heterocycles. The summed E-state index contributed by atoms with van der Waals surface area (Å²) in [6.07, 6.45) is 1.97. The summed E-state index contributed by atoms with van der Waals surface area (Å²) < 4.78 is 11.2. The lowest BCUT2D eigenvalue weighted by molar-refractivity contribution is 0.0952. The fourth-order valence-electron chi connectivity index (χ4n) is 3.92. The van der Waals surface area contributed by atoms with E-state index in [1.165, 1.54) is 0 Å². The van der Waals surface area contributed by atoms with E-state index in [-0.39, 0.29) is 11.8 Å². The Hall–Kier alpha value is -3.15. The second-order valence-electron chi connectivity index (χ2n) is 7.26. The van der Waals surface area contributed by atoms with Crippen LogP contribution >= 0.6 is 23.2 Å². The van der Waals surface area contributed by atoms with Gasteiger partial charge in [-0.05, 0) is 35.9 Å². The number of carbonyl (C=O) groups excluding carboxylic acids is 1. The molecule has 0 bridgehead atoms. The van der Waals surface area contributed by atoms with E-state index in [0.29, 0.717) is 33.7 Å². The average Bonchev–Trinajstić information content (AvgIpc) is 3.23. The van der Waals surface area contributed by atoms with Gasteiger partial charge in [0.25, 0.3) is 5.91 Å². The number of hydrogen-bond donors (Lipinski definition) is 2. The Bertz CT molecular complexity index is 1270. The van der Waals surface area contributed by atoms with E-state index in [1.807, 2.05) is 42.6 Å². The van der Waals surface area contributed by atoms with Gasteiger partial charge in [-0.2, -0.15) is 0 Å². The highest BCUT2D eigenvalue weighted by Crippen LogP contribution is 2.40. The van der Waals surface area contributed by atoms with Crippen molar-refractivity contribution in [3.63, 3.8) is 0 Å². The number of hydrogen-bond acceptors (Lipinski definition) is 3. The quantitative estimate of drug-likeness (QED) is 0.346. The standard InChI is InChI=1S/C25H22Cl2N2O3/c1-31-23-9-5-7-17(24(23)32-2)20(19-13-28-22-8-4-3-6-16(19)22)14-29-25(30)18-11-10-15(26)12-21(18)27/h3-13,20,28H,14H2,1-2H3,(H,29,30). The third-order valence-electron chi connectivity index (χ3n) is 5.45. The number of aromatic amines is 1.